The van der Waals surface area contributed by atoms with Gasteiger partial charge in [0, 0.05) is 48.9 Å². The molecule has 152 valence electrons. The molecule has 0 aliphatic carbocycles. The van der Waals surface area contributed by atoms with Crippen molar-refractivity contribution in [3.05, 3.63) is 35.5 Å². The van der Waals surface area contributed by atoms with Crippen LogP contribution >= 0.6 is 11.6 Å². The first-order chi connectivity index (χ1) is 14.0. The fourth-order valence-corrected chi connectivity index (χ4v) is 3.83. The molecule has 0 radical (unpaired) electrons. The quantitative estimate of drug-likeness (QED) is 0.670. The van der Waals surface area contributed by atoms with E-state index in [1.165, 1.54) is 6.20 Å². The maximum atomic E-state index is 14.4. The number of likely N-dealkylation sites (tertiary alicyclic amines) is 1. The summed E-state index contributed by atoms with van der Waals surface area (Å²) in [6, 6.07) is 1.82. The lowest BCUT2D eigenvalue weighted by Crippen LogP contribution is -2.32. The van der Waals surface area contributed by atoms with Crippen molar-refractivity contribution in [3.63, 3.8) is 0 Å². The number of H-pyrrole nitrogens is 1. The molecule has 1 atom stereocenters. The van der Waals surface area contributed by atoms with Gasteiger partial charge in [-0.2, -0.15) is 0 Å². The van der Waals surface area contributed by atoms with Crippen LogP contribution in [-0.4, -0.2) is 49.9 Å². The smallest absolute Gasteiger partial charge is 0.222 e. The minimum Gasteiger partial charge on any atom is -0.365 e. The van der Waals surface area contributed by atoms with Crippen molar-refractivity contribution in [1.29, 1.82) is 0 Å². The largest absolute Gasteiger partial charge is 0.365 e. The number of aromatic amines is 1. The molecule has 0 saturated carbocycles. The van der Waals surface area contributed by atoms with Gasteiger partial charge in [-0.25, -0.2) is 19.3 Å². The molecule has 0 spiro atoms. The highest BCUT2D eigenvalue weighted by atomic mass is 35.5. The lowest BCUT2D eigenvalue weighted by atomic mass is 10.1. The van der Waals surface area contributed by atoms with E-state index in [9.17, 15) is 9.18 Å². The number of hydrogen-bond donors (Lipinski definition) is 2. The van der Waals surface area contributed by atoms with Gasteiger partial charge in [0.2, 0.25) is 5.91 Å². The van der Waals surface area contributed by atoms with E-state index in [0.29, 0.717) is 35.0 Å². The molecule has 3 aromatic rings. The van der Waals surface area contributed by atoms with Gasteiger partial charge in [-0.05, 0) is 25.3 Å². The number of carbonyl (C=O) groups excluding carboxylic acids is 1. The summed E-state index contributed by atoms with van der Waals surface area (Å²) in [5.74, 6) is 0.212. The number of pyridine rings is 1. The summed E-state index contributed by atoms with van der Waals surface area (Å²) in [4.78, 5) is 29.7. The fourth-order valence-electron chi connectivity index (χ4n) is 3.67. The molecule has 7 nitrogen and oxygen atoms in total. The van der Waals surface area contributed by atoms with Gasteiger partial charge in [-0.15, -0.1) is 0 Å². The second kappa shape index (κ2) is 8.32. The Morgan fingerprint density at radius 2 is 2.21 bits per heavy atom. The molecule has 0 bridgehead atoms. The summed E-state index contributed by atoms with van der Waals surface area (Å²) in [6.45, 7) is 3.27. The van der Waals surface area contributed by atoms with Crippen LogP contribution in [-0.2, 0) is 4.79 Å². The van der Waals surface area contributed by atoms with E-state index in [-0.39, 0.29) is 17.8 Å². The maximum absolute atomic E-state index is 14.4. The topological polar surface area (TPSA) is 86.8 Å². The molecule has 1 aliphatic rings. The molecular weight excluding hydrogens is 395 g/mol. The molecule has 1 saturated heterocycles. The van der Waals surface area contributed by atoms with Gasteiger partial charge in [0.25, 0.3) is 0 Å². The molecule has 4 rings (SSSR count). The number of nitrogens with one attached hydrogen (secondary N) is 2. The van der Waals surface area contributed by atoms with Crippen LogP contribution in [0.4, 0.5) is 10.2 Å². The van der Waals surface area contributed by atoms with Crippen LogP contribution in [0.25, 0.3) is 22.4 Å². The number of anilines is 1. The zero-order chi connectivity index (χ0) is 20.4. The molecule has 1 unspecified atom stereocenters. The molecule has 1 amide bonds. The highest BCUT2D eigenvalue weighted by Crippen LogP contribution is 2.28. The Bertz CT molecular complexity index is 1040. The average Bonchev–Trinajstić information content (AvgIpc) is 2.99. The fraction of sp³-hybridized carbons (Fsp3) is 0.400. The average molecular weight is 417 g/mol. The monoisotopic (exact) mass is 416 g/mol. The lowest BCUT2D eigenvalue weighted by molar-refractivity contribution is -0.130. The van der Waals surface area contributed by atoms with Crippen molar-refractivity contribution in [2.75, 3.05) is 18.4 Å². The van der Waals surface area contributed by atoms with Crippen molar-refractivity contribution in [3.8, 4) is 11.4 Å². The third-order valence-corrected chi connectivity index (χ3v) is 5.41. The predicted octanol–water partition coefficient (Wildman–Crippen LogP) is 4.02. The van der Waals surface area contributed by atoms with Crippen LogP contribution in [0.5, 0.6) is 0 Å². The van der Waals surface area contributed by atoms with Crippen LogP contribution < -0.4 is 5.32 Å². The summed E-state index contributed by atoms with van der Waals surface area (Å²) in [7, 11) is 0. The van der Waals surface area contributed by atoms with Gasteiger partial charge < -0.3 is 15.2 Å². The highest BCUT2D eigenvalue weighted by Gasteiger charge is 2.21. The molecule has 1 aliphatic heterocycles. The van der Waals surface area contributed by atoms with Gasteiger partial charge in [-0.1, -0.05) is 18.5 Å². The Hall–Kier alpha value is -2.74. The number of amides is 1. The van der Waals surface area contributed by atoms with Gasteiger partial charge in [0.05, 0.1) is 11.2 Å². The van der Waals surface area contributed by atoms with Crippen molar-refractivity contribution >= 4 is 34.4 Å². The third kappa shape index (κ3) is 4.17. The van der Waals surface area contributed by atoms with E-state index in [4.69, 9.17) is 11.6 Å². The molecule has 2 N–H and O–H groups in total. The van der Waals surface area contributed by atoms with Crippen LogP contribution in [0.2, 0.25) is 5.02 Å². The van der Waals surface area contributed by atoms with Crippen molar-refractivity contribution in [2.24, 2.45) is 0 Å². The van der Waals surface area contributed by atoms with Gasteiger partial charge in [0.15, 0.2) is 17.5 Å². The second-order valence-corrected chi connectivity index (χ2v) is 7.59. The Morgan fingerprint density at radius 1 is 1.34 bits per heavy atom. The number of fused-ring (bicyclic) bond motifs is 1. The number of hydrogen-bond acceptors (Lipinski definition) is 5. The van der Waals surface area contributed by atoms with Crippen LogP contribution in [0.15, 0.2) is 24.7 Å². The van der Waals surface area contributed by atoms with E-state index < -0.39 is 5.82 Å². The number of halogens is 2. The minimum absolute atomic E-state index is 0.0426. The Morgan fingerprint density at radius 3 is 3.03 bits per heavy atom. The van der Waals surface area contributed by atoms with Gasteiger partial charge in [-0.3, -0.25) is 4.79 Å². The summed E-state index contributed by atoms with van der Waals surface area (Å²) < 4.78 is 14.4. The van der Waals surface area contributed by atoms with E-state index in [1.54, 1.807) is 18.5 Å². The first kappa shape index (κ1) is 19.6. The number of carbonyl (C=O) groups is 1. The number of aromatic nitrogens is 4. The molecular formula is C20H22ClFN6O. The minimum atomic E-state index is -0.504. The zero-order valence-electron chi connectivity index (χ0n) is 16.1. The third-order valence-electron chi connectivity index (χ3n) is 5.21. The number of nitrogens with zero attached hydrogens (tertiary/aromatic N) is 4. The van der Waals surface area contributed by atoms with Gasteiger partial charge in [0.1, 0.15) is 5.65 Å². The van der Waals surface area contributed by atoms with Crippen LogP contribution in [0.1, 0.15) is 32.6 Å². The number of rotatable bonds is 4. The Balaban J connectivity index is 1.56. The standard InChI is InChI=1S/C20H22ClFN6O/c1-2-17(29)28-6-3-4-13(5-7-28)26-20-16(22)11-25-19(27-20)15-10-24-18-14(15)8-12(21)9-23-18/h8-11,13H,2-7H2,1H3,(H,23,24)(H,25,26,27). The molecule has 1 fully saturated rings. The summed E-state index contributed by atoms with van der Waals surface area (Å²) >= 11 is 6.06. The summed E-state index contributed by atoms with van der Waals surface area (Å²) in [5, 5.41) is 4.49. The predicted molar refractivity (Wildman–Crippen MR) is 110 cm³/mol. The summed E-state index contributed by atoms with van der Waals surface area (Å²) in [6.07, 6.45) is 7.44. The Kier molecular flexibility index (Phi) is 5.62. The maximum Gasteiger partial charge on any atom is 0.222 e. The molecule has 29 heavy (non-hydrogen) atoms. The highest BCUT2D eigenvalue weighted by molar-refractivity contribution is 6.31. The van der Waals surface area contributed by atoms with Crippen molar-refractivity contribution in [2.45, 2.75) is 38.6 Å². The zero-order valence-corrected chi connectivity index (χ0v) is 16.8. The van der Waals surface area contributed by atoms with Crippen LogP contribution in [0, 0.1) is 5.82 Å². The lowest BCUT2D eigenvalue weighted by Gasteiger charge is -2.20. The van der Waals surface area contributed by atoms with Gasteiger partial charge >= 0.3 is 0 Å². The summed E-state index contributed by atoms with van der Waals surface area (Å²) in [5.41, 5.74) is 1.37. The molecule has 0 aromatic carbocycles. The van der Waals surface area contributed by atoms with Crippen molar-refractivity contribution in [1.82, 2.24) is 24.8 Å². The van der Waals surface area contributed by atoms with E-state index in [0.717, 1.165) is 31.2 Å². The second-order valence-electron chi connectivity index (χ2n) is 7.15. The van der Waals surface area contributed by atoms with E-state index >= 15 is 0 Å². The van der Waals surface area contributed by atoms with E-state index in [2.05, 4.69) is 25.3 Å². The van der Waals surface area contributed by atoms with Crippen molar-refractivity contribution < 1.29 is 9.18 Å². The first-order valence-corrected chi connectivity index (χ1v) is 10.1. The molecule has 4 heterocycles. The molecule has 3 aromatic heterocycles. The first-order valence-electron chi connectivity index (χ1n) is 9.75. The Labute approximate surface area is 172 Å². The van der Waals surface area contributed by atoms with Crippen LogP contribution in [0.3, 0.4) is 0 Å². The SMILES string of the molecule is CCC(=O)N1CCCC(Nc2nc(-c3c[nH]c4ncc(Cl)cc34)ncc2F)CC1. The van der Waals surface area contributed by atoms with E-state index in [1.807, 2.05) is 11.8 Å². The normalized spacial score (nSPS) is 17.3. The molecule has 9 heteroatoms.